The summed E-state index contributed by atoms with van der Waals surface area (Å²) < 4.78 is 5.42. The van der Waals surface area contributed by atoms with E-state index >= 15 is 0 Å². The molecule has 0 aliphatic heterocycles. The molecule has 3 rings (SSSR count). The van der Waals surface area contributed by atoms with Gasteiger partial charge in [0.25, 0.3) is 0 Å². The summed E-state index contributed by atoms with van der Waals surface area (Å²) in [4.78, 5) is 17.6. The SMILES string of the molecule is CCOc1ccc(NC(=O)C2(c3ccc(C)cc3)CCCC2)c(C)n1. The van der Waals surface area contributed by atoms with Crippen molar-refractivity contribution in [2.75, 3.05) is 11.9 Å². The van der Waals surface area contributed by atoms with E-state index in [1.807, 2.05) is 19.9 Å². The molecular weight excluding hydrogens is 312 g/mol. The molecule has 1 aromatic heterocycles. The average Bonchev–Trinajstić information content (AvgIpc) is 3.09. The van der Waals surface area contributed by atoms with E-state index in [1.54, 1.807) is 6.07 Å². The maximum absolute atomic E-state index is 13.2. The Kier molecular flexibility index (Phi) is 5.07. The van der Waals surface area contributed by atoms with E-state index in [-0.39, 0.29) is 5.91 Å². The van der Waals surface area contributed by atoms with E-state index in [2.05, 4.69) is 41.5 Å². The molecule has 25 heavy (non-hydrogen) atoms. The first-order valence-electron chi connectivity index (χ1n) is 9.04. The summed E-state index contributed by atoms with van der Waals surface area (Å²) in [7, 11) is 0. The molecule has 1 aromatic carbocycles. The van der Waals surface area contributed by atoms with E-state index in [1.165, 1.54) is 5.56 Å². The maximum Gasteiger partial charge on any atom is 0.235 e. The van der Waals surface area contributed by atoms with Crippen LogP contribution in [0.2, 0.25) is 0 Å². The summed E-state index contributed by atoms with van der Waals surface area (Å²) in [6.07, 6.45) is 3.96. The van der Waals surface area contributed by atoms with Crippen molar-refractivity contribution in [3.05, 3.63) is 53.2 Å². The Morgan fingerprint density at radius 2 is 1.80 bits per heavy atom. The number of aromatic nitrogens is 1. The van der Waals surface area contributed by atoms with Gasteiger partial charge in [0.05, 0.1) is 23.4 Å². The van der Waals surface area contributed by atoms with Crippen LogP contribution in [0.25, 0.3) is 0 Å². The predicted molar refractivity (Wildman–Crippen MR) is 100 cm³/mol. The van der Waals surface area contributed by atoms with Gasteiger partial charge in [-0.15, -0.1) is 0 Å². The van der Waals surface area contributed by atoms with Crippen molar-refractivity contribution in [1.29, 1.82) is 0 Å². The van der Waals surface area contributed by atoms with Crippen LogP contribution >= 0.6 is 0 Å². The van der Waals surface area contributed by atoms with Gasteiger partial charge < -0.3 is 10.1 Å². The monoisotopic (exact) mass is 338 g/mol. The summed E-state index contributed by atoms with van der Waals surface area (Å²) in [6, 6.07) is 12.1. The summed E-state index contributed by atoms with van der Waals surface area (Å²) in [6.45, 7) is 6.47. The number of ether oxygens (including phenoxy) is 1. The second-order valence-corrected chi connectivity index (χ2v) is 6.82. The number of hydrogen-bond donors (Lipinski definition) is 1. The quantitative estimate of drug-likeness (QED) is 0.870. The normalized spacial score (nSPS) is 15.8. The van der Waals surface area contributed by atoms with E-state index in [0.29, 0.717) is 12.5 Å². The molecule has 2 aromatic rings. The number of carbonyl (C=O) groups is 1. The first-order chi connectivity index (χ1) is 12.0. The van der Waals surface area contributed by atoms with Gasteiger partial charge in [0.2, 0.25) is 11.8 Å². The Labute approximate surface area is 149 Å². The Morgan fingerprint density at radius 3 is 2.40 bits per heavy atom. The van der Waals surface area contributed by atoms with Crippen LogP contribution < -0.4 is 10.1 Å². The van der Waals surface area contributed by atoms with E-state index < -0.39 is 5.41 Å². The average molecular weight is 338 g/mol. The van der Waals surface area contributed by atoms with Crippen LogP contribution in [0.3, 0.4) is 0 Å². The van der Waals surface area contributed by atoms with Gasteiger partial charge in [-0.05, 0) is 45.2 Å². The van der Waals surface area contributed by atoms with Gasteiger partial charge in [-0.3, -0.25) is 4.79 Å². The van der Waals surface area contributed by atoms with Crippen LogP contribution in [0.5, 0.6) is 5.88 Å². The lowest BCUT2D eigenvalue weighted by atomic mass is 9.77. The minimum Gasteiger partial charge on any atom is -0.478 e. The standard InChI is InChI=1S/C21H26N2O2/c1-4-25-19-12-11-18(16(3)22-19)23-20(24)21(13-5-6-14-21)17-9-7-15(2)8-10-17/h7-12H,4-6,13-14H2,1-3H3,(H,23,24). The highest BCUT2D eigenvalue weighted by molar-refractivity contribution is 5.99. The van der Waals surface area contributed by atoms with Crippen LogP contribution in [0.15, 0.2) is 36.4 Å². The van der Waals surface area contributed by atoms with Gasteiger partial charge in [0.15, 0.2) is 0 Å². The Morgan fingerprint density at radius 1 is 1.12 bits per heavy atom. The third kappa shape index (κ3) is 3.53. The van der Waals surface area contributed by atoms with Crippen molar-refractivity contribution < 1.29 is 9.53 Å². The molecule has 0 spiro atoms. The van der Waals surface area contributed by atoms with Crippen LogP contribution in [-0.2, 0) is 10.2 Å². The van der Waals surface area contributed by atoms with Crippen molar-refractivity contribution in [2.45, 2.75) is 51.9 Å². The zero-order valence-corrected chi connectivity index (χ0v) is 15.3. The number of amides is 1. The molecule has 1 fully saturated rings. The molecule has 1 aliphatic rings. The van der Waals surface area contributed by atoms with Gasteiger partial charge in [-0.2, -0.15) is 0 Å². The fourth-order valence-electron chi connectivity index (χ4n) is 3.64. The van der Waals surface area contributed by atoms with Crippen LogP contribution in [0, 0.1) is 13.8 Å². The number of nitrogens with zero attached hydrogens (tertiary/aromatic N) is 1. The number of benzene rings is 1. The molecule has 0 unspecified atom stereocenters. The molecule has 0 radical (unpaired) electrons. The Bertz CT molecular complexity index is 747. The number of pyridine rings is 1. The van der Waals surface area contributed by atoms with Crippen molar-refractivity contribution in [2.24, 2.45) is 0 Å². The molecule has 4 heteroatoms. The number of nitrogens with one attached hydrogen (secondary N) is 1. The third-order valence-electron chi connectivity index (χ3n) is 5.10. The lowest BCUT2D eigenvalue weighted by Gasteiger charge is -2.28. The topological polar surface area (TPSA) is 51.2 Å². The molecule has 1 saturated carbocycles. The van der Waals surface area contributed by atoms with Crippen molar-refractivity contribution >= 4 is 11.6 Å². The zero-order valence-electron chi connectivity index (χ0n) is 15.3. The van der Waals surface area contributed by atoms with Gasteiger partial charge in [0, 0.05) is 6.07 Å². The molecule has 1 heterocycles. The highest BCUT2D eigenvalue weighted by Gasteiger charge is 2.42. The smallest absolute Gasteiger partial charge is 0.235 e. The molecule has 1 aliphatic carbocycles. The Hall–Kier alpha value is -2.36. The summed E-state index contributed by atoms with van der Waals surface area (Å²) >= 11 is 0. The Balaban J connectivity index is 1.86. The van der Waals surface area contributed by atoms with Crippen molar-refractivity contribution in [3.8, 4) is 5.88 Å². The number of anilines is 1. The fraction of sp³-hybridized carbons (Fsp3) is 0.429. The molecule has 1 N–H and O–H groups in total. The lowest BCUT2D eigenvalue weighted by Crippen LogP contribution is -2.38. The largest absolute Gasteiger partial charge is 0.478 e. The number of aryl methyl sites for hydroxylation is 2. The van der Waals surface area contributed by atoms with Gasteiger partial charge in [-0.1, -0.05) is 42.7 Å². The van der Waals surface area contributed by atoms with Gasteiger partial charge in [-0.25, -0.2) is 4.98 Å². The molecule has 4 nitrogen and oxygen atoms in total. The summed E-state index contributed by atoms with van der Waals surface area (Å²) in [5.41, 5.74) is 3.43. The summed E-state index contributed by atoms with van der Waals surface area (Å²) in [5, 5.41) is 3.12. The lowest BCUT2D eigenvalue weighted by molar-refractivity contribution is -0.121. The van der Waals surface area contributed by atoms with Crippen LogP contribution in [0.1, 0.15) is 49.4 Å². The molecule has 0 bridgehead atoms. The minimum atomic E-state index is -0.432. The van der Waals surface area contributed by atoms with Gasteiger partial charge in [0.1, 0.15) is 0 Å². The number of hydrogen-bond acceptors (Lipinski definition) is 3. The highest BCUT2D eigenvalue weighted by Crippen LogP contribution is 2.42. The van der Waals surface area contributed by atoms with E-state index in [0.717, 1.165) is 42.6 Å². The molecule has 132 valence electrons. The maximum atomic E-state index is 13.2. The summed E-state index contributed by atoms with van der Waals surface area (Å²) in [5.74, 6) is 0.662. The first-order valence-corrected chi connectivity index (χ1v) is 9.04. The van der Waals surface area contributed by atoms with E-state index in [9.17, 15) is 4.79 Å². The third-order valence-corrected chi connectivity index (χ3v) is 5.10. The number of rotatable bonds is 5. The van der Waals surface area contributed by atoms with Crippen LogP contribution in [0.4, 0.5) is 5.69 Å². The van der Waals surface area contributed by atoms with Crippen molar-refractivity contribution in [3.63, 3.8) is 0 Å². The number of carbonyl (C=O) groups excluding carboxylic acids is 1. The first kappa shape index (κ1) is 17.5. The predicted octanol–water partition coefficient (Wildman–Crippen LogP) is 4.55. The molecule has 1 amide bonds. The second-order valence-electron chi connectivity index (χ2n) is 6.82. The minimum absolute atomic E-state index is 0.0721. The second kappa shape index (κ2) is 7.26. The highest BCUT2D eigenvalue weighted by atomic mass is 16.5. The van der Waals surface area contributed by atoms with Crippen LogP contribution in [-0.4, -0.2) is 17.5 Å². The van der Waals surface area contributed by atoms with E-state index in [4.69, 9.17) is 4.74 Å². The fourth-order valence-corrected chi connectivity index (χ4v) is 3.64. The van der Waals surface area contributed by atoms with Gasteiger partial charge >= 0.3 is 0 Å². The van der Waals surface area contributed by atoms with Crippen molar-refractivity contribution in [1.82, 2.24) is 4.98 Å². The molecule has 0 saturated heterocycles. The zero-order chi connectivity index (χ0) is 17.9. The molecule has 0 atom stereocenters. The molecular formula is C21H26N2O2.